The number of carbonyl (C=O) groups is 1. The number of amides is 1. The lowest BCUT2D eigenvalue weighted by molar-refractivity contribution is -0.118. The average molecular weight is 316 g/mol. The van der Waals surface area contributed by atoms with Crippen molar-refractivity contribution in [1.29, 1.82) is 0 Å². The average Bonchev–Trinajstić information content (AvgIpc) is 2.81. The van der Waals surface area contributed by atoms with Crippen molar-refractivity contribution in [2.24, 2.45) is 5.92 Å². The van der Waals surface area contributed by atoms with Gasteiger partial charge < -0.3 is 10.1 Å². The highest BCUT2D eigenvalue weighted by Gasteiger charge is 2.30. The number of hydrogen-bond acceptors (Lipinski definition) is 4. The van der Waals surface area contributed by atoms with Gasteiger partial charge in [0, 0.05) is 12.6 Å². The van der Waals surface area contributed by atoms with E-state index in [1.165, 1.54) is 6.26 Å². The Labute approximate surface area is 126 Å². The van der Waals surface area contributed by atoms with Crippen LogP contribution in [0.1, 0.15) is 39.0 Å². The van der Waals surface area contributed by atoms with Crippen LogP contribution in [0.4, 0.5) is 0 Å². The number of carbonyl (C=O) groups excluding carboxylic acids is 1. The van der Waals surface area contributed by atoms with E-state index in [9.17, 15) is 13.2 Å². The minimum Gasteiger partial charge on any atom is -0.498 e. The van der Waals surface area contributed by atoms with Crippen LogP contribution < -0.4 is 10.0 Å². The van der Waals surface area contributed by atoms with Crippen LogP contribution in [0.5, 0.6) is 0 Å². The van der Waals surface area contributed by atoms with E-state index in [2.05, 4.69) is 10.0 Å². The van der Waals surface area contributed by atoms with Crippen LogP contribution >= 0.6 is 0 Å². The Balaban J connectivity index is 1.88. The van der Waals surface area contributed by atoms with Gasteiger partial charge in [-0.1, -0.05) is 6.42 Å². The first-order valence-electron chi connectivity index (χ1n) is 7.45. The van der Waals surface area contributed by atoms with E-state index in [-0.39, 0.29) is 17.9 Å². The van der Waals surface area contributed by atoms with Crippen LogP contribution in [0.2, 0.25) is 0 Å². The minimum absolute atomic E-state index is 0.0713. The van der Waals surface area contributed by atoms with Crippen LogP contribution in [-0.2, 0) is 19.6 Å². The first kappa shape index (κ1) is 16.3. The summed E-state index contributed by atoms with van der Waals surface area (Å²) in [5.41, 5.74) is 0.715. The zero-order valence-electron chi connectivity index (χ0n) is 12.6. The van der Waals surface area contributed by atoms with Crippen molar-refractivity contribution in [1.82, 2.24) is 10.0 Å². The SMILES string of the molecule is CC1=C(C(=O)NC[C@@H]2CCC[C@@H]2NS(C)(=O)=O)CCCO1. The number of hydrogen-bond donors (Lipinski definition) is 2. The molecule has 0 saturated heterocycles. The van der Waals surface area contributed by atoms with E-state index in [1.54, 1.807) is 0 Å². The molecule has 1 fully saturated rings. The Hall–Kier alpha value is -1.08. The highest BCUT2D eigenvalue weighted by molar-refractivity contribution is 7.88. The van der Waals surface area contributed by atoms with Crippen molar-refractivity contribution in [3.05, 3.63) is 11.3 Å². The Kier molecular flexibility index (Phi) is 5.27. The fourth-order valence-corrected chi connectivity index (χ4v) is 3.91. The van der Waals surface area contributed by atoms with E-state index in [0.717, 1.165) is 32.1 Å². The van der Waals surface area contributed by atoms with E-state index >= 15 is 0 Å². The largest absolute Gasteiger partial charge is 0.498 e. The molecule has 2 aliphatic rings. The molecule has 1 heterocycles. The molecule has 0 radical (unpaired) electrons. The maximum atomic E-state index is 12.2. The summed E-state index contributed by atoms with van der Waals surface area (Å²) in [5.74, 6) is 0.780. The lowest BCUT2D eigenvalue weighted by atomic mass is 10.0. The van der Waals surface area contributed by atoms with Crippen molar-refractivity contribution < 1.29 is 17.9 Å². The summed E-state index contributed by atoms with van der Waals surface area (Å²) < 4.78 is 30.7. The molecule has 0 aromatic rings. The van der Waals surface area contributed by atoms with Crippen LogP contribution in [0, 0.1) is 5.92 Å². The van der Waals surface area contributed by atoms with E-state index in [0.29, 0.717) is 24.5 Å². The standard InChI is InChI=1S/C14H24N2O4S/c1-10-12(6-4-8-20-10)14(17)15-9-11-5-3-7-13(11)16-21(2,18)19/h11,13,16H,3-9H2,1-2H3,(H,15,17)/t11-,13-/m0/s1. The fraction of sp³-hybridized carbons (Fsp3) is 0.786. The summed E-state index contributed by atoms with van der Waals surface area (Å²) in [4.78, 5) is 12.2. The van der Waals surface area contributed by atoms with Gasteiger partial charge in [-0.3, -0.25) is 4.79 Å². The van der Waals surface area contributed by atoms with Gasteiger partial charge in [-0.15, -0.1) is 0 Å². The van der Waals surface area contributed by atoms with Gasteiger partial charge in [0.05, 0.1) is 18.4 Å². The molecule has 1 saturated carbocycles. The van der Waals surface area contributed by atoms with Crippen LogP contribution in [0.25, 0.3) is 0 Å². The molecule has 6 nitrogen and oxygen atoms in total. The van der Waals surface area contributed by atoms with Gasteiger partial charge in [0.15, 0.2) is 0 Å². The zero-order valence-corrected chi connectivity index (χ0v) is 13.5. The number of sulfonamides is 1. The molecule has 0 aromatic heterocycles. The Morgan fingerprint density at radius 3 is 2.76 bits per heavy atom. The maximum absolute atomic E-state index is 12.2. The minimum atomic E-state index is -3.20. The highest BCUT2D eigenvalue weighted by atomic mass is 32.2. The molecule has 2 N–H and O–H groups in total. The van der Waals surface area contributed by atoms with Crippen LogP contribution in [-0.4, -0.2) is 39.8 Å². The van der Waals surface area contributed by atoms with Crippen LogP contribution in [0.15, 0.2) is 11.3 Å². The van der Waals surface area contributed by atoms with Crippen molar-refractivity contribution in [3.63, 3.8) is 0 Å². The van der Waals surface area contributed by atoms with Gasteiger partial charge in [-0.05, 0) is 38.5 Å². The van der Waals surface area contributed by atoms with E-state index in [4.69, 9.17) is 4.74 Å². The molecular formula is C14H24N2O4S. The highest BCUT2D eigenvalue weighted by Crippen LogP contribution is 2.26. The number of ether oxygens (including phenoxy) is 1. The topological polar surface area (TPSA) is 84.5 Å². The predicted molar refractivity (Wildman–Crippen MR) is 80.0 cm³/mol. The molecule has 1 amide bonds. The van der Waals surface area contributed by atoms with E-state index < -0.39 is 10.0 Å². The van der Waals surface area contributed by atoms with Gasteiger partial charge in [0.2, 0.25) is 10.0 Å². The third-order valence-corrected chi connectivity index (χ3v) is 4.87. The molecule has 0 spiro atoms. The van der Waals surface area contributed by atoms with Gasteiger partial charge in [0.1, 0.15) is 5.76 Å². The maximum Gasteiger partial charge on any atom is 0.250 e. The molecule has 1 aliphatic heterocycles. The smallest absolute Gasteiger partial charge is 0.250 e. The van der Waals surface area contributed by atoms with E-state index in [1.807, 2.05) is 6.92 Å². The molecule has 1 aliphatic carbocycles. The van der Waals surface area contributed by atoms with Crippen molar-refractivity contribution in [3.8, 4) is 0 Å². The first-order chi connectivity index (χ1) is 9.87. The van der Waals surface area contributed by atoms with Crippen molar-refractivity contribution in [2.75, 3.05) is 19.4 Å². The molecule has 0 bridgehead atoms. The summed E-state index contributed by atoms with van der Waals surface area (Å²) in [6.07, 6.45) is 5.53. The molecule has 0 aromatic carbocycles. The summed E-state index contributed by atoms with van der Waals surface area (Å²) in [6, 6.07) is -0.0713. The summed E-state index contributed by atoms with van der Waals surface area (Å²) in [6.45, 7) is 2.99. The molecule has 2 rings (SSSR count). The lowest BCUT2D eigenvalue weighted by Crippen LogP contribution is -2.42. The third kappa shape index (κ3) is 4.71. The summed E-state index contributed by atoms with van der Waals surface area (Å²) in [7, 11) is -3.20. The molecule has 120 valence electrons. The number of nitrogens with one attached hydrogen (secondary N) is 2. The second-order valence-corrected chi connectivity index (χ2v) is 7.66. The Morgan fingerprint density at radius 2 is 2.10 bits per heavy atom. The second-order valence-electron chi connectivity index (χ2n) is 5.88. The van der Waals surface area contributed by atoms with Crippen LogP contribution in [0.3, 0.4) is 0 Å². The number of allylic oxidation sites excluding steroid dienone is 1. The predicted octanol–water partition coefficient (Wildman–Crippen LogP) is 0.905. The lowest BCUT2D eigenvalue weighted by Gasteiger charge is -2.22. The molecule has 2 atom stereocenters. The molecule has 7 heteroatoms. The normalized spacial score (nSPS) is 26.6. The Morgan fingerprint density at radius 1 is 1.33 bits per heavy atom. The van der Waals surface area contributed by atoms with Gasteiger partial charge in [0.25, 0.3) is 5.91 Å². The second kappa shape index (κ2) is 6.79. The summed E-state index contributed by atoms with van der Waals surface area (Å²) >= 11 is 0. The van der Waals surface area contributed by atoms with Crippen molar-refractivity contribution in [2.45, 2.75) is 45.1 Å². The third-order valence-electron chi connectivity index (χ3n) is 4.14. The first-order valence-corrected chi connectivity index (χ1v) is 9.34. The molecule has 0 unspecified atom stereocenters. The summed E-state index contributed by atoms with van der Waals surface area (Å²) in [5, 5.41) is 2.93. The zero-order chi connectivity index (χ0) is 15.5. The van der Waals surface area contributed by atoms with Gasteiger partial charge in [-0.25, -0.2) is 13.1 Å². The molecule has 21 heavy (non-hydrogen) atoms. The quantitative estimate of drug-likeness (QED) is 0.789. The fourth-order valence-electron chi connectivity index (χ4n) is 3.05. The van der Waals surface area contributed by atoms with Crippen molar-refractivity contribution >= 4 is 15.9 Å². The monoisotopic (exact) mass is 316 g/mol. The van der Waals surface area contributed by atoms with Gasteiger partial charge in [-0.2, -0.15) is 0 Å². The Bertz CT molecular complexity index is 527. The number of rotatable bonds is 5. The molecular weight excluding hydrogens is 292 g/mol. The van der Waals surface area contributed by atoms with Gasteiger partial charge >= 0.3 is 0 Å².